The first-order valence-corrected chi connectivity index (χ1v) is 9.68. The molecule has 0 heterocycles. The van der Waals surface area contributed by atoms with Crippen molar-refractivity contribution < 1.29 is 14.3 Å². The number of carboxylic acids is 1. The summed E-state index contributed by atoms with van der Waals surface area (Å²) >= 11 is 1.40. The van der Waals surface area contributed by atoms with Gasteiger partial charge in [0.1, 0.15) is 5.82 Å². The number of carboxylic acid groups (broad SMARTS) is 1. The zero-order chi connectivity index (χ0) is 20.6. The van der Waals surface area contributed by atoms with E-state index in [1.54, 1.807) is 30.5 Å². The minimum absolute atomic E-state index is 0.0874. The van der Waals surface area contributed by atoms with Gasteiger partial charge in [0, 0.05) is 11.3 Å². The highest BCUT2D eigenvalue weighted by atomic mass is 32.2. The molecule has 0 aliphatic heterocycles. The number of halogens is 1. The summed E-state index contributed by atoms with van der Waals surface area (Å²) in [7, 11) is 0. The number of nitrogens with zero attached hydrogens (tertiary/aromatic N) is 2. The highest BCUT2D eigenvalue weighted by molar-refractivity contribution is 8.13. The summed E-state index contributed by atoms with van der Waals surface area (Å²) in [5.41, 5.74) is 8.66. The summed E-state index contributed by atoms with van der Waals surface area (Å²) in [5.74, 6) is -1.03. The quantitative estimate of drug-likeness (QED) is 0.350. The van der Waals surface area contributed by atoms with Crippen LogP contribution in [-0.2, 0) is 5.75 Å². The van der Waals surface area contributed by atoms with E-state index in [4.69, 9.17) is 10.8 Å². The van der Waals surface area contributed by atoms with Gasteiger partial charge in [-0.05, 0) is 28.8 Å². The van der Waals surface area contributed by atoms with Crippen molar-refractivity contribution in [1.29, 1.82) is 0 Å². The van der Waals surface area contributed by atoms with Crippen molar-refractivity contribution in [2.24, 2.45) is 15.9 Å². The number of carbonyl (C=O) groups is 1. The van der Waals surface area contributed by atoms with Crippen molar-refractivity contribution in [3.8, 4) is 11.1 Å². The molecule has 3 rings (SSSR count). The molecule has 0 spiro atoms. The number of hydrogen-bond donors (Lipinski definition) is 2. The van der Waals surface area contributed by atoms with Crippen LogP contribution in [0.1, 0.15) is 21.5 Å². The van der Waals surface area contributed by atoms with E-state index in [1.807, 2.05) is 30.3 Å². The highest BCUT2D eigenvalue weighted by Crippen LogP contribution is 2.24. The molecule has 146 valence electrons. The first-order chi connectivity index (χ1) is 14.0. The van der Waals surface area contributed by atoms with E-state index < -0.39 is 11.8 Å². The second-order valence-corrected chi connectivity index (χ2v) is 7.07. The second kappa shape index (κ2) is 9.66. The molecule has 7 heteroatoms. The van der Waals surface area contributed by atoms with E-state index in [9.17, 15) is 9.18 Å². The maximum atomic E-state index is 14.2. The minimum atomic E-state index is -1.16. The largest absolute Gasteiger partial charge is 0.478 e. The maximum Gasteiger partial charge on any atom is 0.335 e. The Balaban J connectivity index is 1.62. The first-order valence-electron chi connectivity index (χ1n) is 8.69. The lowest BCUT2D eigenvalue weighted by Gasteiger charge is -2.05. The molecular formula is C22H18FN3O2S. The zero-order valence-corrected chi connectivity index (χ0v) is 16.1. The summed E-state index contributed by atoms with van der Waals surface area (Å²) in [4.78, 5) is 10.9. The predicted octanol–water partition coefficient (Wildman–Crippen LogP) is 4.77. The third-order valence-electron chi connectivity index (χ3n) is 4.03. The van der Waals surface area contributed by atoms with Crippen molar-refractivity contribution in [2.45, 2.75) is 5.75 Å². The molecule has 0 aromatic heterocycles. The molecular weight excluding hydrogens is 389 g/mol. The van der Waals surface area contributed by atoms with E-state index in [0.717, 1.165) is 17.2 Å². The normalized spacial score (nSPS) is 11.7. The molecule has 0 unspecified atom stereocenters. The van der Waals surface area contributed by atoms with E-state index in [1.165, 1.54) is 23.9 Å². The SMILES string of the molecule is NC(=NN=Cc1ccc(-c2ccc(C(=O)O)cc2F)cc1)SCc1ccccc1. The number of hydrogen-bond acceptors (Lipinski definition) is 4. The molecule has 0 atom stereocenters. The zero-order valence-electron chi connectivity index (χ0n) is 15.3. The Morgan fingerprint density at radius 1 is 1.07 bits per heavy atom. The van der Waals surface area contributed by atoms with Crippen molar-refractivity contribution in [2.75, 3.05) is 0 Å². The third-order valence-corrected chi connectivity index (χ3v) is 4.89. The van der Waals surface area contributed by atoms with Crippen LogP contribution in [0.3, 0.4) is 0 Å². The standard InChI is InChI=1S/C22H18FN3O2S/c23-20-12-18(21(27)28)10-11-19(20)17-8-6-15(7-9-17)13-25-26-22(24)29-14-16-4-2-1-3-5-16/h1-13H,14H2,(H2,24,26)(H,27,28). The van der Waals surface area contributed by atoms with Gasteiger partial charge >= 0.3 is 5.97 Å². The van der Waals surface area contributed by atoms with E-state index in [-0.39, 0.29) is 5.56 Å². The minimum Gasteiger partial charge on any atom is -0.478 e. The summed E-state index contributed by atoms with van der Waals surface area (Å²) in [5, 5.41) is 17.2. The van der Waals surface area contributed by atoms with Crippen molar-refractivity contribution in [3.63, 3.8) is 0 Å². The lowest BCUT2D eigenvalue weighted by atomic mass is 10.0. The molecule has 0 saturated heterocycles. The van der Waals surface area contributed by atoms with E-state index in [0.29, 0.717) is 22.0 Å². The van der Waals surface area contributed by atoms with Crippen LogP contribution < -0.4 is 5.73 Å². The lowest BCUT2D eigenvalue weighted by molar-refractivity contribution is 0.0696. The number of nitrogens with two attached hydrogens (primary N) is 1. The van der Waals surface area contributed by atoms with Crippen molar-refractivity contribution in [3.05, 3.63) is 95.3 Å². The van der Waals surface area contributed by atoms with Crippen LogP contribution in [0.4, 0.5) is 4.39 Å². The molecule has 0 aliphatic carbocycles. The topological polar surface area (TPSA) is 88.0 Å². The van der Waals surface area contributed by atoms with Crippen LogP contribution in [-0.4, -0.2) is 22.5 Å². The fourth-order valence-electron chi connectivity index (χ4n) is 2.54. The summed E-state index contributed by atoms with van der Waals surface area (Å²) in [6.07, 6.45) is 1.56. The smallest absolute Gasteiger partial charge is 0.335 e. The predicted molar refractivity (Wildman–Crippen MR) is 116 cm³/mol. The van der Waals surface area contributed by atoms with Crippen LogP contribution in [0.25, 0.3) is 11.1 Å². The summed E-state index contributed by atoms with van der Waals surface area (Å²) in [6, 6.07) is 20.8. The van der Waals surface area contributed by atoms with Crippen LogP contribution in [0.2, 0.25) is 0 Å². The van der Waals surface area contributed by atoms with E-state index in [2.05, 4.69) is 10.2 Å². The number of aromatic carboxylic acids is 1. The summed E-state index contributed by atoms with van der Waals surface area (Å²) < 4.78 is 14.2. The second-order valence-electron chi connectivity index (χ2n) is 6.08. The fraction of sp³-hybridized carbons (Fsp3) is 0.0455. The van der Waals surface area contributed by atoms with Crippen LogP contribution in [0.5, 0.6) is 0 Å². The Morgan fingerprint density at radius 2 is 1.79 bits per heavy atom. The monoisotopic (exact) mass is 407 g/mol. The van der Waals surface area contributed by atoms with Gasteiger partial charge in [0.15, 0.2) is 5.17 Å². The molecule has 29 heavy (non-hydrogen) atoms. The van der Waals surface area contributed by atoms with Crippen molar-refractivity contribution >= 4 is 29.1 Å². The number of amidine groups is 1. The highest BCUT2D eigenvalue weighted by Gasteiger charge is 2.09. The molecule has 5 nitrogen and oxygen atoms in total. The van der Waals surface area contributed by atoms with Gasteiger partial charge in [0.25, 0.3) is 0 Å². The van der Waals surface area contributed by atoms with Crippen LogP contribution in [0, 0.1) is 5.82 Å². The average Bonchev–Trinajstić information content (AvgIpc) is 2.73. The fourth-order valence-corrected chi connectivity index (χ4v) is 3.16. The van der Waals surface area contributed by atoms with Crippen molar-refractivity contribution in [1.82, 2.24) is 0 Å². The summed E-state index contributed by atoms with van der Waals surface area (Å²) in [6.45, 7) is 0. The first kappa shape index (κ1) is 20.3. The third kappa shape index (κ3) is 5.76. The maximum absolute atomic E-state index is 14.2. The van der Waals surface area contributed by atoms with E-state index >= 15 is 0 Å². The Labute approximate surface area is 171 Å². The Morgan fingerprint density at radius 3 is 2.45 bits per heavy atom. The van der Waals surface area contributed by atoms with Gasteiger partial charge in [-0.2, -0.15) is 5.10 Å². The van der Waals surface area contributed by atoms with Gasteiger partial charge in [-0.15, -0.1) is 5.10 Å². The molecule has 0 aliphatic rings. The van der Waals surface area contributed by atoms with Gasteiger partial charge in [-0.3, -0.25) is 0 Å². The Kier molecular flexibility index (Phi) is 6.76. The van der Waals surface area contributed by atoms with Crippen LogP contribution in [0.15, 0.2) is 83.0 Å². The molecule has 0 amide bonds. The molecule has 0 radical (unpaired) electrons. The molecule has 3 aromatic carbocycles. The average molecular weight is 407 g/mol. The molecule has 0 bridgehead atoms. The molecule has 3 aromatic rings. The van der Waals surface area contributed by atoms with Gasteiger partial charge < -0.3 is 10.8 Å². The number of thioether (sulfide) groups is 1. The molecule has 3 N–H and O–H groups in total. The van der Waals surface area contributed by atoms with Gasteiger partial charge in [0.2, 0.25) is 0 Å². The number of rotatable bonds is 6. The van der Waals surface area contributed by atoms with Gasteiger partial charge in [-0.1, -0.05) is 72.4 Å². The lowest BCUT2D eigenvalue weighted by Crippen LogP contribution is -2.05. The number of benzene rings is 3. The van der Waals surface area contributed by atoms with Crippen LogP contribution >= 0.6 is 11.8 Å². The van der Waals surface area contributed by atoms with Gasteiger partial charge in [0.05, 0.1) is 11.8 Å². The molecule has 0 fully saturated rings. The van der Waals surface area contributed by atoms with Gasteiger partial charge in [-0.25, -0.2) is 9.18 Å². The Bertz CT molecular complexity index is 1050. The molecule has 0 saturated carbocycles. The Hall–Kier alpha value is -3.45.